The summed E-state index contributed by atoms with van der Waals surface area (Å²) in [5, 5.41) is 9.05. The Morgan fingerprint density at radius 2 is 2.18 bits per heavy atom. The smallest absolute Gasteiger partial charge is 0.338 e. The van der Waals surface area contributed by atoms with E-state index in [-0.39, 0.29) is 13.0 Å². The minimum Gasteiger partial charge on any atom is -0.459 e. The summed E-state index contributed by atoms with van der Waals surface area (Å²) < 4.78 is 23.0. The standard InChI is InChI=1S/C12H13FO4/c13-9-6-11(14)17-10(9)7-16-12(15)8-4-2-1-3-5-8/h1-5,9-11,14H,6-7H2/t9-,10+,11+/m0/s1. The number of alkyl halides is 1. The zero-order valence-corrected chi connectivity index (χ0v) is 9.08. The maximum absolute atomic E-state index is 13.2. The van der Waals surface area contributed by atoms with E-state index in [2.05, 4.69) is 0 Å². The first kappa shape index (κ1) is 12.0. The number of hydrogen-bond acceptors (Lipinski definition) is 4. The van der Waals surface area contributed by atoms with E-state index in [1.54, 1.807) is 30.3 Å². The Labute approximate surface area is 98.0 Å². The molecule has 3 atom stereocenters. The lowest BCUT2D eigenvalue weighted by Crippen LogP contribution is -2.25. The fourth-order valence-corrected chi connectivity index (χ4v) is 1.65. The van der Waals surface area contributed by atoms with E-state index < -0.39 is 24.5 Å². The minimum absolute atomic E-state index is 0.0758. The molecule has 1 fully saturated rings. The topological polar surface area (TPSA) is 55.8 Å². The number of hydrogen-bond donors (Lipinski definition) is 1. The van der Waals surface area contributed by atoms with Crippen molar-refractivity contribution in [1.29, 1.82) is 0 Å². The predicted molar refractivity (Wildman–Crippen MR) is 57.1 cm³/mol. The largest absolute Gasteiger partial charge is 0.459 e. The number of rotatable bonds is 3. The highest BCUT2D eigenvalue weighted by Gasteiger charge is 2.35. The van der Waals surface area contributed by atoms with Crippen molar-refractivity contribution in [2.45, 2.75) is 25.0 Å². The Bertz CT molecular complexity index is 381. The van der Waals surface area contributed by atoms with E-state index in [0.717, 1.165) is 0 Å². The molecule has 17 heavy (non-hydrogen) atoms. The number of aliphatic hydroxyl groups excluding tert-OH is 1. The van der Waals surface area contributed by atoms with E-state index in [4.69, 9.17) is 14.6 Å². The number of halogens is 1. The quantitative estimate of drug-likeness (QED) is 0.809. The number of ether oxygens (including phenoxy) is 2. The third-order valence-corrected chi connectivity index (χ3v) is 2.55. The highest BCUT2D eigenvalue weighted by atomic mass is 19.1. The van der Waals surface area contributed by atoms with Crippen molar-refractivity contribution in [2.75, 3.05) is 6.61 Å². The van der Waals surface area contributed by atoms with E-state index in [1.807, 2.05) is 0 Å². The maximum atomic E-state index is 13.2. The predicted octanol–water partition coefficient (Wildman–Crippen LogP) is 1.29. The molecular formula is C12H13FO4. The Morgan fingerprint density at radius 3 is 2.76 bits per heavy atom. The van der Waals surface area contributed by atoms with Crippen LogP contribution in [0.5, 0.6) is 0 Å². The van der Waals surface area contributed by atoms with Crippen LogP contribution >= 0.6 is 0 Å². The summed E-state index contributed by atoms with van der Waals surface area (Å²) in [5.41, 5.74) is 0.404. The Hall–Kier alpha value is -1.46. The van der Waals surface area contributed by atoms with Crippen LogP contribution in [0.2, 0.25) is 0 Å². The van der Waals surface area contributed by atoms with E-state index in [0.29, 0.717) is 5.56 Å². The summed E-state index contributed by atoms with van der Waals surface area (Å²) >= 11 is 0. The average molecular weight is 240 g/mol. The second-order valence-corrected chi connectivity index (χ2v) is 3.85. The lowest BCUT2D eigenvalue weighted by molar-refractivity contribution is -0.106. The molecule has 2 rings (SSSR count). The van der Waals surface area contributed by atoms with Crippen LogP contribution in [-0.2, 0) is 9.47 Å². The van der Waals surface area contributed by atoms with Crippen LogP contribution in [0, 0.1) is 0 Å². The van der Waals surface area contributed by atoms with Crippen LogP contribution in [0.15, 0.2) is 30.3 Å². The Kier molecular flexibility index (Phi) is 3.71. The summed E-state index contributed by atoms with van der Waals surface area (Å²) in [6.07, 6.45) is -3.36. The van der Waals surface area contributed by atoms with Crippen LogP contribution in [0.4, 0.5) is 4.39 Å². The normalized spacial score (nSPS) is 28.0. The third kappa shape index (κ3) is 3.01. The van der Waals surface area contributed by atoms with Gasteiger partial charge in [-0.15, -0.1) is 0 Å². The fourth-order valence-electron chi connectivity index (χ4n) is 1.65. The Morgan fingerprint density at radius 1 is 1.47 bits per heavy atom. The van der Waals surface area contributed by atoms with Gasteiger partial charge < -0.3 is 14.6 Å². The van der Waals surface area contributed by atoms with Crippen molar-refractivity contribution in [1.82, 2.24) is 0 Å². The number of carbonyl (C=O) groups is 1. The number of esters is 1. The molecule has 4 nitrogen and oxygen atoms in total. The Balaban J connectivity index is 1.85. The molecule has 1 aromatic carbocycles. The molecule has 92 valence electrons. The van der Waals surface area contributed by atoms with Gasteiger partial charge in [0.05, 0.1) is 5.56 Å². The van der Waals surface area contributed by atoms with Gasteiger partial charge in [-0.25, -0.2) is 9.18 Å². The van der Waals surface area contributed by atoms with Gasteiger partial charge in [-0.3, -0.25) is 0 Å². The summed E-state index contributed by atoms with van der Waals surface area (Å²) in [6.45, 7) is -0.189. The van der Waals surface area contributed by atoms with Gasteiger partial charge in [-0.2, -0.15) is 0 Å². The summed E-state index contributed by atoms with van der Waals surface area (Å²) in [4.78, 5) is 11.5. The van der Waals surface area contributed by atoms with Gasteiger partial charge in [0, 0.05) is 6.42 Å². The second kappa shape index (κ2) is 5.25. The van der Waals surface area contributed by atoms with Crippen molar-refractivity contribution in [3.8, 4) is 0 Å². The highest BCUT2D eigenvalue weighted by molar-refractivity contribution is 5.89. The SMILES string of the molecule is O=C(OC[C@H]1O[C@@H](O)C[C@@H]1F)c1ccccc1. The average Bonchev–Trinajstić information content (AvgIpc) is 2.66. The molecule has 1 aliphatic heterocycles. The molecule has 0 bridgehead atoms. The zero-order chi connectivity index (χ0) is 12.3. The first-order chi connectivity index (χ1) is 8.16. The summed E-state index contributed by atoms with van der Waals surface area (Å²) in [6, 6.07) is 8.43. The fraction of sp³-hybridized carbons (Fsp3) is 0.417. The van der Waals surface area contributed by atoms with Crippen molar-refractivity contribution in [2.24, 2.45) is 0 Å². The maximum Gasteiger partial charge on any atom is 0.338 e. The van der Waals surface area contributed by atoms with Gasteiger partial charge in [0.25, 0.3) is 0 Å². The van der Waals surface area contributed by atoms with Crippen LogP contribution in [-0.4, -0.2) is 36.2 Å². The first-order valence-electron chi connectivity index (χ1n) is 5.36. The van der Waals surface area contributed by atoms with Gasteiger partial charge in [0.2, 0.25) is 0 Å². The molecular weight excluding hydrogens is 227 g/mol. The molecule has 1 N–H and O–H groups in total. The molecule has 1 aliphatic rings. The number of aliphatic hydroxyl groups is 1. The van der Waals surface area contributed by atoms with E-state index >= 15 is 0 Å². The highest BCUT2D eigenvalue weighted by Crippen LogP contribution is 2.22. The van der Waals surface area contributed by atoms with Crippen molar-refractivity contribution >= 4 is 5.97 Å². The van der Waals surface area contributed by atoms with Gasteiger partial charge in [0.15, 0.2) is 6.29 Å². The lowest BCUT2D eigenvalue weighted by Gasteiger charge is -2.12. The molecule has 0 amide bonds. The molecule has 5 heteroatoms. The molecule has 0 unspecified atom stereocenters. The molecule has 1 heterocycles. The molecule has 0 spiro atoms. The molecule has 0 aliphatic carbocycles. The van der Waals surface area contributed by atoms with Crippen LogP contribution < -0.4 is 0 Å². The zero-order valence-electron chi connectivity index (χ0n) is 9.08. The molecule has 0 saturated carbocycles. The van der Waals surface area contributed by atoms with Gasteiger partial charge in [0.1, 0.15) is 18.9 Å². The van der Waals surface area contributed by atoms with Gasteiger partial charge in [-0.1, -0.05) is 18.2 Å². The summed E-state index contributed by atoms with van der Waals surface area (Å²) in [5.74, 6) is -0.525. The second-order valence-electron chi connectivity index (χ2n) is 3.85. The van der Waals surface area contributed by atoms with Crippen LogP contribution in [0.25, 0.3) is 0 Å². The van der Waals surface area contributed by atoms with Gasteiger partial charge >= 0.3 is 5.97 Å². The monoisotopic (exact) mass is 240 g/mol. The molecule has 1 aromatic rings. The van der Waals surface area contributed by atoms with Gasteiger partial charge in [-0.05, 0) is 12.1 Å². The van der Waals surface area contributed by atoms with E-state index in [9.17, 15) is 9.18 Å². The van der Waals surface area contributed by atoms with Crippen LogP contribution in [0.1, 0.15) is 16.8 Å². The summed E-state index contributed by atoms with van der Waals surface area (Å²) in [7, 11) is 0. The van der Waals surface area contributed by atoms with E-state index in [1.165, 1.54) is 0 Å². The minimum atomic E-state index is -1.30. The molecule has 0 radical (unpaired) electrons. The third-order valence-electron chi connectivity index (χ3n) is 2.55. The molecule has 1 saturated heterocycles. The van der Waals surface area contributed by atoms with Crippen LogP contribution in [0.3, 0.4) is 0 Å². The first-order valence-corrected chi connectivity index (χ1v) is 5.36. The lowest BCUT2D eigenvalue weighted by atomic mass is 10.2. The van der Waals surface area contributed by atoms with Crippen molar-refractivity contribution in [3.63, 3.8) is 0 Å². The molecule has 0 aromatic heterocycles. The number of carbonyl (C=O) groups excluding carboxylic acids is 1. The van der Waals surface area contributed by atoms with Crippen molar-refractivity contribution in [3.05, 3.63) is 35.9 Å². The van der Waals surface area contributed by atoms with Crippen molar-refractivity contribution < 1.29 is 23.8 Å². The number of benzene rings is 1.